The molecule has 0 amide bonds. The summed E-state index contributed by atoms with van der Waals surface area (Å²) in [5.74, 6) is 0. The highest BCUT2D eigenvalue weighted by atomic mass is 79.9. The highest BCUT2D eigenvalue weighted by Gasteiger charge is 2.27. The maximum atomic E-state index is 11.3. The summed E-state index contributed by atoms with van der Waals surface area (Å²) in [6, 6.07) is 0. The van der Waals surface area contributed by atoms with Gasteiger partial charge in [0.1, 0.15) is 3.78 Å². The van der Waals surface area contributed by atoms with Crippen LogP contribution < -0.4 is 17.1 Å². The summed E-state index contributed by atoms with van der Waals surface area (Å²) in [6.07, 6.45) is 0. The quantitative estimate of drug-likeness (QED) is 0.745. The Hall–Kier alpha value is -0.340. The molecule has 90 valence electrons. The van der Waals surface area contributed by atoms with Crippen molar-refractivity contribution in [3.8, 4) is 0 Å². The largest absolute Gasteiger partial charge is 0.333 e. The number of nitrogens with one attached hydrogen (secondary N) is 2. The van der Waals surface area contributed by atoms with Gasteiger partial charge in [-0.1, -0.05) is 31.9 Å². The van der Waals surface area contributed by atoms with E-state index in [0.29, 0.717) is 0 Å². The summed E-state index contributed by atoms with van der Waals surface area (Å²) in [5.41, 5.74) is -2.37. The van der Waals surface area contributed by atoms with Crippen molar-refractivity contribution >= 4 is 43.5 Å². The van der Waals surface area contributed by atoms with Crippen LogP contribution in [0, 0.1) is 0 Å². The fourth-order valence-electron chi connectivity index (χ4n) is 0.939. The van der Waals surface area contributed by atoms with E-state index in [0.717, 1.165) is 4.57 Å². The minimum Gasteiger partial charge on any atom is -0.259 e. The Bertz CT molecular complexity index is 507. The lowest BCUT2D eigenvalue weighted by Crippen LogP contribution is -2.46. The molecule has 1 aromatic heterocycles. The van der Waals surface area contributed by atoms with E-state index in [1.54, 1.807) is 6.92 Å². The van der Waals surface area contributed by atoms with E-state index in [9.17, 15) is 14.4 Å². The second-order valence-electron chi connectivity index (χ2n) is 3.22. The van der Waals surface area contributed by atoms with Crippen molar-refractivity contribution in [1.29, 1.82) is 0 Å². The van der Waals surface area contributed by atoms with Gasteiger partial charge in [0.05, 0.1) is 4.83 Å². The van der Waals surface area contributed by atoms with Crippen LogP contribution in [-0.4, -0.2) is 23.1 Å². The number of aromatic amines is 2. The topological polar surface area (TPSA) is 87.7 Å². The average molecular weight is 377 g/mol. The molecule has 0 aliphatic rings. The third-order valence-electron chi connectivity index (χ3n) is 1.82. The van der Waals surface area contributed by atoms with Crippen LogP contribution in [0.4, 0.5) is 0 Å². The molecule has 0 spiro atoms. The first kappa shape index (κ1) is 13.7. The molecule has 0 saturated carbocycles. The highest BCUT2D eigenvalue weighted by molar-refractivity contribution is 9.13. The van der Waals surface area contributed by atoms with Crippen molar-refractivity contribution in [3.05, 3.63) is 31.5 Å². The first-order valence-corrected chi connectivity index (χ1v) is 6.26. The number of nitrogens with zero attached hydrogens (tertiary/aromatic N) is 1. The van der Waals surface area contributed by atoms with Crippen LogP contribution in [0.5, 0.6) is 0 Å². The Morgan fingerprint density at radius 1 is 1.38 bits per heavy atom. The Kier molecular flexibility index (Phi) is 4.19. The minimum absolute atomic E-state index is 0.0240. The summed E-state index contributed by atoms with van der Waals surface area (Å²) >= 11 is 12.4. The van der Waals surface area contributed by atoms with Crippen molar-refractivity contribution < 1.29 is 0 Å². The molecule has 0 fully saturated rings. The molecule has 6 nitrogen and oxygen atoms in total. The van der Waals surface area contributed by atoms with Gasteiger partial charge in [0.2, 0.25) is 0 Å². The van der Waals surface area contributed by atoms with E-state index >= 15 is 0 Å². The lowest BCUT2D eigenvalue weighted by Gasteiger charge is -2.20. The fourth-order valence-corrected chi connectivity index (χ4v) is 1.44. The molecule has 0 unspecified atom stereocenters. The van der Waals surface area contributed by atoms with Crippen LogP contribution in [0.25, 0.3) is 0 Å². The molecule has 16 heavy (non-hydrogen) atoms. The summed E-state index contributed by atoms with van der Waals surface area (Å²) in [6.45, 7) is 1.69. The summed E-state index contributed by atoms with van der Waals surface area (Å²) in [5, 5.41) is 0. The fraction of sp³-hybridized carbons (Fsp3) is 0.571. The van der Waals surface area contributed by atoms with E-state index in [-0.39, 0.29) is 11.4 Å². The predicted octanol–water partition coefficient (Wildman–Crippen LogP) is 0.338. The van der Waals surface area contributed by atoms with Crippen LogP contribution in [0.3, 0.4) is 0 Å². The van der Waals surface area contributed by atoms with Gasteiger partial charge in [0, 0.05) is 6.54 Å². The molecule has 1 aromatic rings. The number of hydrogen-bond acceptors (Lipinski definition) is 3. The van der Waals surface area contributed by atoms with Gasteiger partial charge >= 0.3 is 17.1 Å². The first-order valence-electron chi connectivity index (χ1n) is 4.17. The minimum atomic E-state index is -0.829. The predicted molar refractivity (Wildman–Crippen MR) is 67.8 cm³/mol. The van der Waals surface area contributed by atoms with Crippen LogP contribution in [0.1, 0.15) is 6.92 Å². The lowest BCUT2D eigenvalue weighted by atomic mass is 10.3. The Morgan fingerprint density at radius 2 is 1.81 bits per heavy atom. The second kappa shape index (κ2) is 4.89. The van der Waals surface area contributed by atoms with Gasteiger partial charge in [-0.15, -0.1) is 11.6 Å². The molecule has 0 radical (unpaired) electrons. The summed E-state index contributed by atoms with van der Waals surface area (Å²) in [7, 11) is 0. The van der Waals surface area contributed by atoms with Gasteiger partial charge in [-0.3, -0.25) is 9.97 Å². The zero-order valence-electron chi connectivity index (χ0n) is 8.09. The standard InChI is InChI=1S/C7H8Br2ClN3O3/c1-7(9,10)3(8)2-13-5(15)11-4(14)12-6(13)16/h3H,2H2,1H3,(H2,11,12,14,15,16)/t3-,7-/m1/s1. The molecule has 1 heterocycles. The van der Waals surface area contributed by atoms with Gasteiger partial charge in [-0.2, -0.15) is 0 Å². The van der Waals surface area contributed by atoms with Crippen molar-refractivity contribution in [2.24, 2.45) is 0 Å². The van der Waals surface area contributed by atoms with E-state index < -0.39 is 20.9 Å². The Labute approximate surface area is 111 Å². The molecule has 2 N–H and O–H groups in total. The number of rotatable bonds is 3. The van der Waals surface area contributed by atoms with Crippen LogP contribution >= 0.6 is 43.5 Å². The van der Waals surface area contributed by atoms with E-state index in [1.165, 1.54) is 0 Å². The molecular weight excluding hydrogens is 369 g/mol. The normalized spacial score (nSPS) is 16.8. The van der Waals surface area contributed by atoms with Crippen LogP contribution in [0.15, 0.2) is 14.4 Å². The number of alkyl halides is 3. The molecule has 9 heteroatoms. The highest BCUT2D eigenvalue weighted by Crippen LogP contribution is 2.32. The van der Waals surface area contributed by atoms with Crippen molar-refractivity contribution in [2.75, 3.05) is 0 Å². The van der Waals surface area contributed by atoms with Gasteiger partial charge in [-0.25, -0.2) is 19.0 Å². The van der Waals surface area contributed by atoms with Crippen LogP contribution in [-0.2, 0) is 6.54 Å². The molecule has 0 bridgehead atoms. The molecule has 0 aromatic carbocycles. The second-order valence-corrected chi connectivity index (χ2v) is 7.22. The lowest BCUT2D eigenvalue weighted by molar-refractivity contribution is 0.570. The van der Waals surface area contributed by atoms with E-state index in [1.807, 2.05) is 9.97 Å². The monoisotopic (exact) mass is 375 g/mol. The SMILES string of the molecule is C[C@](Cl)(Br)[C@H](Br)Cn1c(=O)[nH]c(=O)[nH]c1=O. The molecule has 0 aliphatic carbocycles. The molecule has 2 atom stereocenters. The number of aromatic nitrogens is 3. The molecule has 1 rings (SSSR count). The average Bonchev–Trinajstić information content (AvgIpc) is 2.08. The summed E-state index contributed by atoms with van der Waals surface area (Å²) in [4.78, 5) is 37.0. The molecular formula is C7H8Br2ClN3O3. The van der Waals surface area contributed by atoms with Crippen LogP contribution in [0.2, 0.25) is 0 Å². The van der Waals surface area contributed by atoms with Crippen molar-refractivity contribution in [3.63, 3.8) is 0 Å². The first-order chi connectivity index (χ1) is 7.21. The Balaban J connectivity index is 3.13. The third-order valence-corrected chi connectivity index (χ3v) is 4.72. The zero-order valence-corrected chi connectivity index (χ0v) is 12.0. The maximum Gasteiger partial charge on any atom is 0.333 e. The van der Waals surface area contributed by atoms with Gasteiger partial charge in [0.15, 0.2) is 0 Å². The smallest absolute Gasteiger partial charge is 0.259 e. The van der Waals surface area contributed by atoms with Gasteiger partial charge in [0.25, 0.3) is 0 Å². The van der Waals surface area contributed by atoms with Crippen molar-refractivity contribution in [1.82, 2.24) is 14.5 Å². The number of hydrogen-bond donors (Lipinski definition) is 2. The molecule has 0 aliphatic heterocycles. The van der Waals surface area contributed by atoms with E-state index in [4.69, 9.17) is 11.6 Å². The number of halogens is 3. The van der Waals surface area contributed by atoms with Crippen molar-refractivity contribution in [2.45, 2.75) is 22.1 Å². The Morgan fingerprint density at radius 3 is 2.19 bits per heavy atom. The summed E-state index contributed by atoms with van der Waals surface area (Å²) < 4.78 is 0.0394. The molecule has 0 saturated heterocycles. The van der Waals surface area contributed by atoms with E-state index in [2.05, 4.69) is 31.9 Å². The van der Waals surface area contributed by atoms with Gasteiger partial charge in [-0.05, 0) is 6.92 Å². The zero-order chi connectivity index (χ0) is 12.5. The third kappa shape index (κ3) is 3.33. The maximum absolute atomic E-state index is 11.3. The number of H-pyrrole nitrogens is 2. The van der Waals surface area contributed by atoms with Gasteiger partial charge < -0.3 is 0 Å².